The standard InChI is InChI=1S/C15H19N3O3/c1-2-7-16-14(19)12-3-4-13(17-10-12)18-8-5-11(6-9-18)15(20)21/h2-4,10-11H,1,5-9H2,(H,16,19)(H,20,21). The van der Waals surface area contributed by atoms with E-state index in [9.17, 15) is 9.59 Å². The van der Waals surface area contributed by atoms with E-state index in [2.05, 4.69) is 16.9 Å². The van der Waals surface area contributed by atoms with Gasteiger partial charge in [-0.15, -0.1) is 6.58 Å². The number of rotatable bonds is 5. The normalized spacial score (nSPS) is 15.5. The molecular formula is C15H19N3O3. The average molecular weight is 289 g/mol. The molecule has 0 saturated carbocycles. The highest BCUT2D eigenvalue weighted by Crippen LogP contribution is 2.21. The summed E-state index contributed by atoms with van der Waals surface area (Å²) in [6.07, 6.45) is 4.40. The van der Waals surface area contributed by atoms with Gasteiger partial charge in [-0.25, -0.2) is 4.98 Å². The number of pyridine rings is 1. The lowest BCUT2D eigenvalue weighted by molar-refractivity contribution is -0.142. The van der Waals surface area contributed by atoms with Gasteiger partial charge in [0.15, 0.2) is 0 Å². The fraction of sp³-hybridized carbons (Fsp3) is 0.400. The molecule has 0 atom stereocenters. The molecule has 0 aliphatic carbocycles. The van der Waals surface area contributed by atoms with Gasteiger partial charge in [0.05, 0.1) is 11.5 Å². The predicted octanol–water partition coefficient (Wildman–Crippen LogP) is 1.30. The van der Waals surface area contributed by atoms with Crippen LogP contribution in [0.2, 0.25) is 0 Å². The highest BCUT2D eigenvalue weighted by Gasteiger charge is 2.25. The molecule has 1 saturated heterocycles. The maximum absolute atomic E-state index is 11.7. The third-order valence-electron chi connectivity index (χ3n) is 3.59. The Morgan fingerprint density at radius 2 is 2.14 bits per heavy atom. The second-order valence-corrected chi connectivity index (χ2v) is 5.00. The fourth-order valence-corrected chi connectivity index (χ4v) is 2.33. The SMILES string of the molecule is C=CCNC(=O)c1ccc(N2CCC(C(=O)O)CC2)nc1. The van der Waals surface area contributed by atoms with Gasteiger partial charge < -0.3 is 15.3 Å². The Hall–Kier alpha value is -2.37. The van der Waals surface area contributed by atoms with Crippen LogP contribution < -0.4 is 10.2 Å². The van der Waals surface area contributed by atoms with Crippen LogP contribution in [0.3, 0.4) is 0 Å². The molecule has 6 nitrogen and oxygen atoms in total. The molecule has 1 fully saturated rings. The summed E-state index contributed by atoms with van der Waals surface area (Å²) >= 11 is 0. The first-order chi connectivity index (χ1) is 10.1. The number of nitrogens with one attached hydrogen (secondary N) is 1. The Kier molecular flexibility index (Phi) is 4.92. The van der Waals surface area contributed by atoms with Crippen molar-refractivity contribution in [3.8, 4) is 0 Å². The van der Waals surface area contributed by atoms with Crippen LogP contribution in [0.25, 0.3) is 0 Å². The molecule has 1 aliphatic rings. The zero-order chi connectivity index (χ0) is 15.2. The van der Waals surface area contributed by atoms with E-state index in [1.807, 2.05) is 4.90 Å². The van der Waals surface area contributed by atoms with Gasteiger partial charge in [-0.2, -0.15) is 0 Å². The quantitative estimate of drug-likeness (QED) is 0.798. The maximum Gasteiger partial charge on any atom is 0.306 e. The first kappa shape index (κ1) is 15.0. The van der Waals surface area contributed by atoms with E-state index in [0.717, 1.165) is 5.82 Å². The van der Waals surface area contributed by atoms with E-state index in [1.165, 1.54) is 6.20 Å². The second kappa shape index (κ2) is 6.88. The molecule has 112 valence electrons. The molecule has 0 unspecified atom stereocenters. The zero-order valence-electron chi connectivity index (χ0n) is 11.8. The van der Waals surface area contributed by atoms with Gasteiger partial charge in [0.25, 0.3) is 5.91 Å². The number of carboxylic acids is 1. The number of hydrogen-bond acceptors (Lipinski definition) is 4. The van der Waals surface area contributed by atoms with Crippen molar-refractivity contribution >= 4 is 17.7 Å². The molecule has 2 rings (SSSR count). The topological polar surface area (TPSA) is 82.5 Å². The smallest absolute Gasteiger partial charge is 0.306 e. The van der Waals surface area contributed by atoms with Crippen molar-refractivity contribution in [3.05, 3.63) is 36.5 Å². The van der Waals surface area contributed by atoms with Crippen molar-refractivity contribution in [1.82, 2.24) is 10.3 Å². The minimum absolute atomic E-state index is 0.182. The summed E-state index contributed by atoms with van der Waals surface area (Å²) in [5, 5.41) is 11.7. The minimum atomic E-state index is -0.725. The Bertz CT molecular complexity index is 519. The van der Waals surface area contributed by atoms with Crippen molar-refractivity contribution in [2.75, 3.05) is 24.5 Å². The number of carboxylic acid groups (broad SMARTS) is 1. The lowest BCUT2D eigenvalue weighted by Crippen LogP contribution is -2.36. The lowest BCUT2D eigenvalue weighted by atomic mass is 9.97. The van der Waals surface area contributed by atoms with Crippen molar-refractivity contribution in [2.45, 2.75) is 12.8 Å². The number of nitrogens with zero attached hydrogens (tertiary/aromatic N) is 2. The fourth-order valence-electron chi connectivity index (χ4n) is 2.33. The molecule has 1 aromatic rings. The zero-order valence-corrected chi connectivity index (χ0v) is 11.8. The number of aliphatic carboxylic acids is 1. The van der Waals surface area contributed by atoms with Crippen LogP contribution in [0, 0.1) is 5.92 Å². The van der Waals surface area contributed by atoms with E-state index >= 15 is 0 Å². The minimum Gasteiger partial charge on any atom is -0.481 e. The second-order valence-electron chi connectivity index (χ2n) is 5.00. The summed E-state index contributed by atoms with van der Waals surface area (Å²) in [4.78, 5) is 29.0. The summed E-state index contributed by atoms with van der Waals surface area (Å²) in [6, 6.07) is 3.52. The third-order valence-corrected chi connectivity index (χ3v) is 3.59. The summed E-state index contributed by atoms with van der Waals surface area (Å²) in [7, 11) is 0. The molecule has 0 spiro atoms. The Morgan fingerprint density at radius 1 is 1.43 bits per heavy atom. The summed E-state index contributed by atoms with van der Waals surface area (Å²) < 4.78 is 0. The van der Waals surface area contributed by atoms with Crippen LogP contribution >= 0.6 is 0 Å². The molecule has 1 amide bonds. The van der Waals surface area contributed by atoms with E-state index in [1.54, 1.807) is 18.2 Å². The summed E-state index contributed by atoms with van der Waals surface area (Å²) in [5.41, 5.74) is 0.501. The molecule has 0 bridgehead atoms. The molecule has 2 heterocycles. The number of piperidine rings is 1. The number of carbonyl (C=O) groups is 2. The number of anilines is 1. The van der Waals surface area contributed by atoms with Gasteiger partial charge in [0, 0.05) is 25.8 Å². The van der Waals surface area contributed by atoms with Crippen LogP contribution in [0.15, 0.2) is 31.0 Å². The van der Waals surface area contributed by atoms with Crippen LogP contribution in [0.5, 0.6) is 0 Å². The van der Waals surface area contributed by atoms with Gasteiger partial charge in [-0.3, -0.25) is 9.59 Å². The van der Waals surface area contributed by atoms with Crippen LogP contribution in [0.1, 0.15) is 23.2 Å². The first-order valence-electron chi connectivity index (χ1n) is 6.94. The number of amides is 1. The molecule has 2 N–H and O–H groups in total. The molecule has 6 heteroatoms. The van der Waals surface area contributed by atoms with E-state index < -0.39 is 5.97 Å². The number of aromatic nitrogens is 1. The van der Waals surface area contributed by atoms with E-state index in [-0.39, 0.29) is 11.8 Å². The summed E-state index contributed by atoms with van der Waals surface area (Å²) in [5.74, 6) is -0.389. The Balaban J connectivity index is 1.95. The first-order valence-corrected chi connectivity index (χ1v) is 6.94. The molecule has 0 aromatic carbocycles. The molecule has 1 aromatic heterocycles. The van der Waals surface area contributed by atoms with Crippen LogP contribution in [-0.4, -0.2) is 41.6 Å². The summed E-state index contributed by atoms with van der Waals surface area (Å²) in [6.45, 7) is 5.31. The van der Waals surface area contributed by atoms with Crippen molar-refractivity contribution in [1.29, 1.82) is 0 Å². The van der Waals surface area contributed by atoms with Gasteiger partial charge in [-0.1, -0.05) is 6.08 Å². The molecule has 21 heavy (non-hydrogen) atoms. The highest BCUT2D eigenvalue weighted by atomic mass is 16.4. The number of carbonyl (C=O) groups excluding carboxylic acids is 1. The maximum atomic E-state index is 11.7. The third kappa shape index (κ3) is 3.81. The molecular weight excluding hydrogens is 270 g/mol. The van der Waals surface area contributed by atoms with E-state index in [0.29, 0.717) is 38.0 Å². The van der Waals surface area contributed by atoms with Crippen molar-refractivity contribution in [3.63, 3.8) is 0 Å². The van der Waals surface area contributed by atoms with Crippen LogP contribution in [0.4, 0.5) is 5.82 Å². The van der Waals surface area contributed by atoms with Crippen molar-refractivity contribution in [2.24, 2.45) is 5.92 Å². The molecule has 1 aliphatic heterocycles. The Morgan fingerprint density at radius 3 is 2.67 bits per heavy atom. The van der Waals surface area contributed by atoms with Crippen molar-refractivity contribution < 1.29 is 14.7 Å². The van der Waals surface area contributed by atoms with Gasteiger partial charge >= 0.3 is 5.97 Å². The van der Waals surface area contributed by atoms with Gasteiger partial charge in [-0.05, 0) is 25.0 Å². The predicted molar refractivity (Wildman–Crippen MR) is 79.3 cm³/mol. The Labute approximate surface area is 123 Å². The monoisotopic (exact) mass is 289 g/mol. The van der Waals surface area contributed by atoms with Gasteiger partial charge in [0.2, 0.25) is 0 Å². The average Bonchev–Trinajstić information content (AvgIpc) is 2.53. The highest BCUT2D eigenvalue weighted by molar-refractivity contribution is 5.94. The lowest BCUT2D eigenvalue weighted by Gasteiger charge is -2.31. The largest absolute Gasteiger partial charge is 0.481 e. The molecule has 0 radical (unpaired) electrons. The van der Waals surface area contributed by atoms with Crippen LogP contribution in [-0.2, 0) is 4.79 Å². The van der Waals surface area contributed by atoms with Gasteiger partial charge in [0.1, 0.15) is 5.82 Å². The van der Waals surface area contributed by atoms with E-state index in [4.69, 9.17) is 5.11 Å². The number of hydrogen-bond donors (Lipinski definition) is 2.